The molecule has 1 unspecified atom stereocenters. The van der Waals surface area contributed by atoms with Gasteiger partial charge in [0.25, 0.3) is 0 Å². The second kappa shape index (κ2) is 3.20. The number of hydrogen-bond acceptors (Lipinski definition) is 4. The predicted octanol–water partition coefficient (Wildman–Crippen LogP) is 0.388. The molecule has 0 spiro atoms. The van der Waals surface area contributed by atoms with E-state index in [1.807, 2.05) is 12.1 Å². The van der Waals surface area contributed by atoms with Crippen molar-refractivity contribution >= 4 is 11.3 Å². The van der Waals surface area contributed by atoms with Crippen LogP contribution in [0.2, 0.25) is 0 Å². The van der Waals surface area contributed by atoms with Gasteiger partial charge in [-0.2, -0.15) is 5.10 Å². The normalized spacial score (nSPS) is 21.2. The van der Waals surface area contributed by atoms with Crippen LogP contribution >= 0.6 is 0 Å². The Morgan fingerprint density at radius 1 is 1.47 bits per heavy atom. The van der Waals surface area contributed by atoms with Crippen LogP contribution in [0, 0.1) is 0 Å². The maximum Gasteiger partial charge on any atom is 0.156 e. The van der Waals surface area contributed by atoms with E-state index in [9.17, 15) is 0 Å². The van der Waals surface area contributed by atoms with E-state index in [4.69, 9.17) is 5.73 Å². The largest absolute Gasteiger partial charge is 0.397 e. The van der Waals surface area contributed by atoms with E-state index in [-0.39, 0.29) is 0 Å². The van der Waals surface area contributed by atoms with E-state index in [1.165, 1.54) is 0 Å². The Balaban J connectivity index is 2.05. The summed E-state index contributed by atoms with van der Waals surface area (Å²) in [4.78, 5) is 4.49. The zero-order valence-corrected chi connectivity index (χ0v) is 8.35. The van der Waals surface area contributed by atoms with Crippen molar-refractivity contribution in [1.29, 1.82) is 0 Å². The van der Waals surface area contributed by atoms with Gasteiger partial charge in [0, 0.05) is 12.5 Å². The Morgan fingerprint density at radius 2 is 2.40 bits per heavy atom. The number of aromatic nitrogens is 3. The minimum atomic E-state index is 0.450. The Morgan fingerprint density at radius 3 is 3.20 bits per heavy atom. The molecule has 2 aromatic rings. The molecule has 0 radical (unpaired) electrons. The minimum Gasteiger partial charge on any atom is -0.397 e. The molecule has 3 rings (SSSR count). The Labute approximate surface area is 87.3 Å². The molecule has 0 aliphatic carbocycles. The first kappa shape index (κ1) is 8.67. The molecular weight excluding hydrogens is 190 g/mol. The van der Waals surface area contributed by atoms with Gasteiger partial charge in [0.05, 0.1) is 11.9 Å². The third kappa shape index (κ3) is 1.45. The van der Waals surface area contributed by atoms with Gasteiger partial charge >= 0.3 is 0 Å². The first-order valence-electron chi connectivity index (χ1n) is 5.15. The van der Waals surface area contributed by atoms with Gasteiger partial charge in [-0.3, -0.25) is 0 Å². The quantitative estimate of drug-likeness (QED) is 0.703. The molecule has 0 aromatic carbocycles. The second-order valence-corrected chi connectivity index (χ2v) is 3.92. The van der Waals surface area contributed by atoms with Crippen molar-refractivity contribution in [3.8, 4) is 0 Å². The standard InChI is InChI=1S/C10H13N5/c11-8-1-2-9-13-10(14-15(9)6-8)7-3-4-12-5-7/h1-2,6-7,12H,3-5,11H2. The van der Waals surface area contributed by atoms with Gasteiger partial charge in [0.1, 0.15) is 0 Å². The maximum absolute atomic E-state index is 5.69. The lowest BCUT2D eigenvalue weighted by molar-refractivity contribution is 0.698. The molecule has 1 atom stereocenters. The van der Waals surface area contributed by atoms with Gasteiger partial charge in [0.2, 0.25) is 0 Å². The van der Waals surface area contributed by atoms with Crippen molar-refractivity contribution < 1.29 is 0 Å². The summed E-state index contributed by atoms with van der Waals surface area (Å²) in [5.74, 6) is 1.37. The first-order valence-corrected chi connectivity index (χ1v) is 5.15. The number of pyridine rings is 1. The fourth-order valence-corrected chi connectivity index (χ4v) is 1.96. The van der Waals surface area contributed by atoms with Crippen LogP contribution in [0.15, 0.2) is 18.3 Å². The highest BCUT2D eigenvalue weighted by Gasteiger charge is 2.20. The van der Waals surface area contributed by atoms with Crippen molar-refractivity contribution in [3.63, 3.8) is 0 Å². The third-order valence-electron chi connectivity index (χ3n) is 2.80. The molecule has 0 bridgehead atoms. The van der Waals surface area contributed by atoms with Crippen LogP contribution in [0.1, 0.15) is 18.2 Å². The smallest absolute Gasteiger partial charge is 0.156 e. The fourth-order valence-electron chi connectivity index (χ4n) is 1.96. The van der Waals surface area contributed by atoms with Crippen molar-refractivity contribution in [2.24, 2.45) is 0 Å². The van der Waals surface area contributed by atoms with Crippen LogP contribution in [0.5, 0.6) is 0 Å². The summed E-state index contributed by atoms with van der Waals surface area (Å²) in [6.07, 6.45) is 2.92. The number of nitrogens with two attached hydrogens (primary N) is 1. The fraction of sp³-hybridized carbons (Fsp3) is 0.400. The Kier molecular flexibility index (Phi) is 1.85. The Bertz CT molecular complexity index is 484. The molecule has 5 nitrogen and oxygen atoms in total. The van der Waals surface area contributed by atoms with Gasteiger partial charge in [0.15, 0.2) is 11.5 Å². The van der Waals surface area contributed by atoms with Crippen LogP contribution in [0.4, 0.5) is 5.69 Å². The molecule has 1 aliphatic rings. The van der Waals surface area contributed by atoms with Crippen LogP contribution in [0.25, 0.3) is 5.65 Å². The highest BCUT2D eigenvalue weighted by Crippen LogP contribution is 2.19. The number of nitrogens with one attached hydrogen (secondary N) is 1. The van der Waals surface area contributed by atoms with Gasteiger partial charge in [-0.25, -0.2) is 9.50 Å². The molecule has 0 amide bonds. The highest BCUT2D eigenvalue weighted by atomic mass is 15.3. The molecule has 15 heavy (non-hydrogen) atoms. The van der Waals surface area contributed by atoms with E-state index >= 15 is 0 Å². The molecule has 0 saturated carbocycles. The number of anilines is 1. The van der Waals surface area contributed by atoms with Crippen molar-refractivity contribution in [2.45, 2.75) is 12.3 Å². The van der Waals surface area contributed by atoms with Crippen molar-refractivity contribution in [1.82, 2.24) is 19.9 Å². The summed E-state index contributed by atoms with van der Waals surface area (Å²) in [7, 11) is 0. The molecular formula is C10H13N5. The number of nitrogen functional groups attached to an aromatic ring is 1. The van der Waals surface area contributed by atoms with E-state index in [0.717, 1.165) is 31.0 Å². The summed E-state index contributed by atoms with van der Waals surface area (Å²) in [6, 6.07) is 3.74. The predicted molar refractivity (Wildman–Crippen MR) is 57.6 cm³/mol. The summed E-state index contributed by atoms with van der Waals surface area (Å²) in [6.45, 7) is 2.04. The van der Waals surface area contributed by atoms with E-state index < -0.39 is 0 Å². The molecule has 1 fully saturated rings. The zero-order valence-electron chi connectivity index (χ0n) is 8.35. The summed E-state index contributed by atoms with van der Waals surface area (Å²) >= 11 is 0. The first-order chi connectivity index (χ1) is 7.33. The molecule has 2 aromatic heterocycles. The van der Waals surface area contributed by atoms with Gasteiger partial charge in [-0.15, -0.1) is 0 Å². The number of hydrogen-bond donors (Lipinski definition) is 2. The average molecular weight is 203 g/mol. The zero-order chi connectivity index (χ0) is 10.3. The molecule has 1 saturated heterocycles. The number of fused-ring (bicyclic) bond motifs is 1. The lowest BCUT2D eigenvalue weighted by Gasteiger charge is -1.99. The van der Waals surface area contributed by atoms with Crippen molar-refractivity contribution in [3.05, 3.63) is 24.2 Å². The van der Waals surface area contributed by atoms with Gasteiger partial charge in [-0.1, -0.05) is 0 Å². The lowest BCUT2D eigenvalue weighted by Crippen LogP contribution is -2.08. The van der Waals surface area contributed by atoms with Gasteiger partial charge in [-0.05, 0) is 25.1 Å². The van der Waals surface area contributed by atoms with Crippen LogP contribution in [-0.2, 0) is 0 Å². The number of rotatable bonds is 1. The maximum atomic E-state index is 5.69. The second-order valence-electron chi connectivity index (χ2n) is 3.92. The molecule has 1 aliphatic heterocycles. The SMILES string of the molecule is Nc1ccc2nc(C3CCNC3)nn2c1. The average Bonchev–Trinajstić information content (AvgIpc) is 2.84. The summed E-state index contributed by atoms with van der Waals surface area (Å²) in [5, 5.41) is 7.75. The molecule has 3 N–H and O–H groups in total. The minimum absolute atomic E-state index is 0.450. The highest BCUT2D eigenvalue weighted by molar-refractivity contribution is 5.46. The van der Waals surface area contributed by atoms with E-state index in [2.05, 4.69) is 15.4 Å². The molecule has 3 heterocycles. The third-order valence-corrected chi connectivity index (χ3v) is 2.80. The molecule has 78 valence electrons. The van der Waals surface area contributed by atoms with Crippen LogP contribution in [0.3, 0.4) is 0 Å². The number of nitrogens with zero attached hydrogens (tertiary/aromatic N) is 3. The summed E-state index contributed by atoms with van der Waals surface area (Å²) < 4.78 is 1.75. The Hall–Kier alpha value is -1.62. The summed E-state index contributed by atoms with van der Waals surface area (Å²) in [5.41, 5.74) is 7.26. The van der Waals surface area contributed by atoms with Crippen molar-refractivity contribution in [2.75, 3.05) is 18.8 Å². The lowest BCUT2D eigenvalue weighted by atomic mass is 10.1. The molecule has 5 heteroatoms. The monoisotopic (exact) mass is 203 g/mol. The topological polar surface area (TPSA) is 68.2 Å². The van der Waals surface area contributed by atoms with E-state index in [0.29, 0.717) is 11.6 Å². The van der Waals surface area contributed by atoms with E-state index in [1.54, 1.807) is 10.7 Å². The van der Waals surface area contributed by atoms with Crippen LogP contribution in [-0.4, -0.2) is 27.7 Å². The van der Waals surface area contributed by atoms with Gasteiger partial charge < -0.3 is 11.1 Å². The van der Waals surface area contributed by atoms with Crippen LogP contribution < -0.4 is 11.1 Å².